The van der Waals surface area contributed by atoms with Crippen LogP contribution >= 0.6 is 11.3 Å². The topological polar surface area (TPSA) is 69.7 Å². The molecule has 0 spiro atoms. The zero-order chi connectivity index (χ0) is 18.6. The minimum atomic E-state index is -0.710. The maximum atomic E-state index is 12.5. The Kier molecular flexibility index (Phi) is 4.93. The van der Waals surface area contributed by atoms with Crippen molar-refractivity contribution in [2.75, 3.05) is 18.5 Å². The molecule has 138 valence electrons. The van der Waals surface area contributed by atoms with E-state index < -0.39 is 6.10 Å². The number of amides is 1. The van der Waals surface area contributed by atoms with Crippen LogP contribution in [0.5, 0.6) is 17.2 Å². The maximum Gasteiger partial charge on any atom is 0.270 e. The van der Waals surface area contributed by atoms with E-state index in [2.05, 4.69) is 10.3 Å². The van der Waals surface area contributed by atoms with E-state index in [1.54, 1.807) is 6.07 Å². The van der Waals surface area contributed by atoms with Gasteiger partial charge in [0.05, 0.1) is 12.3 Å². The van der Waals surface area contributed by atoms with Crippen LogP contribution in [-0.4, -0.2) is 30.2 Å². The van der Waals surface area contributed by atoms with E-state index in [-0.39, 0.29) is 12.5 Å². The second-order valence-electron chi connectivity index (χ2n) is 5.85. The second-order valence-corrected chi connectivity index (χ2v) is 6.71. The Labute approximate surface area is 160 Å². The van der Waals surface area contributed by atoms with Crippen molar-refractivity contribution in [3.05, 3.63) is 53.9 Å². The molecule has 3 aromatic rings. The number of anilines is 1. The molecule has 0 aliphatic carbocycles. The third-order valence-electron chi connectivity index (χ3n) is 4.00. The fourth-order valence-corrected chi connectivity index (χ4v) is 3.41. The molecular weight excluding hydrogens is 364 g/mol. The molecule has 0 radical (unpaired) electrons. The Morgan fingerprint density at radius 2 is 2.00 bits per heavy atom. The van der Waals surface area contributed by atoms with Gasteiger partial charge in [-0.3, -0.25) is 10.1 Å². The van der Waals surface area contributed by atoms with E-state index >= 15 is 0 Å². The Bertz CT molecular complexity index is 939. The largest absolute Gasteiger partial charge is 0.494 e. The molecule has 1 atom stereocenters. The summed E-state index contributed by atoms with van der Waals surface area (Å²) in [6, 6.07) is 15.0. The number of nitrogens with one attached hydrogen (secondary N) is 1. The zero-order valence-corrected chi connectivity index (χ0v) is 15.5. The van der Waals surface area contributed by atoms with Crippen LogP contribution in [0.25, 0.3) is 11.3 Å². The van der Waals surface area contributed by atoms with Crippen molar-refractivity contribution >= 4 is 22.4 Å². The Morgan fingerprint density at radius 1 is 1.22 bits per heavy atom. The monoisotopic (exact) mass is 382 g/mol. The molecule has 0 fully saturated rings. The van der Waals surface area contributed by atoms with Crippen LogP contribution in [0.4, 0.5) is 5.13 Å². The molecule has 0 saturated carbocycles. The normalized spacial score (nSPS) is 15.2. The predicted molar refractivity (Wildman–Crippen MR) is 104 cm³/mol. The fraction of sp³-hybridized carbons (Fsp3) is 0.200. The number of aromatic nitrogens is 1. The standard InChI is InChI=1S/C20H18N2O4S/c1-2-24-14-9-7-13(8-10-14)15-12-27-20(21-15)22-19(23)18-11-25-16-5-3-4-6-17(16)26-18/h3-10,12,18H,2,11H2,1H3,(H,21,22,23)/t18-/m1/s1. The summed E-state index contributed by atoms with van der Waals surface area (Å²) in [5, 5.41) is 5.22. The van der Waals surface area contributed by atoms with Gasteiger partial charge in [-0.2, -0.15) is 0 Å². The summed E-state index contributed by atoms with van der Waals surface area (Å²) in [6.07, 6.45) is -0.710. The summed E-state index contributed by atoms with van der Waals surface area (Å²) in [5.41, 5.74) is 1.76. The number of nitrogens with zero attached hydrogens (tertiary/aromatic N) is 1. The predicted octanol–water partition coefficient (Wildman–Crippen LogP) is 3.99. The lowest BCUT2D eigenvalue weighted by atomic mass is 10.2. The fourth-order valence-electron chi connectivity index (χ4n) is 2.69. The van der Waals surface area contributed by atoms with Gasteiger partial charge in [0, 0.05) is 10.9 Å². The molecule has 0 bridgehead atoms. The Balaban J connectivity index is 1.41. The van der Waals surface area contributed by atoms with Gasteiger partial charge in [0.2, 0.25) is 6.10 Å². The first-order valence-corrected chi connectivity index (χ1v) is 9.49. The SMILES string of the molecule is CCOc1ccc(-c2csc(NC(=O)[C@H]3COc4ccccc4O3)n2)cc1. The van der Waals surface area contributed by atoms with Crippen LogP contribution in [-0.2, 0) is 4.79 Å². The number of rotatable bonds is 5. The van der Waals surface area contributed by atoms with Crippen molar-refractivity contribution in [3.63, 3.8) is 0 Å². The first kappa shape index (κ1) is 17.4. The van der Waals surface area contributed by atoms with Crippen LogP contribution < -0.4 is 19.5 Å². The van der Waals surface area contributed by atoms with Crippen LogP contribution in [0.3, 0.4) is 0 Å². The summed E-state index contributed by atoms with van der Waals surface area (Å²) in [7, 11) is 0. The smallest absolute Gasteiger partial charge is 0.270 e. The molecule has 2 aromatic carbocycles. The zero-order valence-electron chi connectivity index (χ0n) is 14.7. The molecule has 1 aliphatic rings. The highest BCUT2D eigenvalue weighted by Crippen LogP contribution is 2.31. The van der Waals surface area contributed by atoms with Crippen LogP contribution in [0.15, 0.2) is 53.9 Å². The van der Waals surface area contributed by atoms with E-state index in [1.165, 1.54) is 11.3 Å². The molecule has 6 nitrogen and oxygen atoms in total. The lowest BCUT2D eigenvalue weighted by Gasteiger charge is -2.25. The molecule has 1 amide bonds. The van der Waals surface area contributed by atoms with E-state index in [1.807, 2.05) is 54.8 Å². The van der Waals surface area contributed by atoms with Gasteiger partial charge < -0.3 is 14.2 Å². The summed E-state index contributed by atoms with van der Waals surface area (Å²) >= 11 is 1.37. The van der Waals surface area contributed by atoms with E-state index in [9.17, 15) is 4.79 Å². The number of benzene rings is 2. The summed E-state index contributed by atoms with van der Waals surface area (Å²) < 4.78 is 16.8. The van der Waals surface area contributed by atoms with Crippen LogP contribution in [0, 0.1) is 0 Å². The molecular formula is C20H18N2O4S. The molecule has 4 rings (SSSR count). The Morgan fingerprint density at radius 3 is 2.78 bits per heavy atom. The molecule has 0 unspecified atom stereocenters. The number of ether oxygens (including phenoxy) is 3. The second kappa shape index (κ2) is 7.67. The minimum absolute atomic E-state index is 0.167. The van der Waals surface area contributed by atoms with Gasteiger partial charge in [0.25, 0.3) is 5.91 Å². The van der Waals surface area contributed by atoms with E-state index in [0.717, 1.165) is 17.0 Å². The highest BCUT2D eigenvalue weighted by atomic mass is 32.1. The van der Waals surface area contributed by atoms with Crippen molar-refractivity contribution in [2.45, 2.75) is 13.0 Å². The number of carbonyl (C=O) groups excluding carboxylic acids is 1. The maximum absolute atomic E-state index is 12.5. The first-order chi connectivity index (χ1) is 13.2. The number of thiazole rings is 1. The summed E-state index contributed by atoms with van der Waals surface area (Å²) in [4.78, 5) is 17.0. The molecule has 1 N–H and O–H groups in total. The molecule has 1 aliphatic heterocycles. The highest BCUT2D eigenvalue weighted by Gasteiger charge is 2.27. The van der Waals surface area contributed by atoms with Gasteiger partial charge in [-0.05, 0) is 43.3 Å². The average molecular weight is 382 g/mol. The summed E-state index contributed by atoms with van der Waals surface area (Å²) in [6.45, 7) is 2.74. The number of hydrogen-bond donors (Lipinski definition) is 1. The highest BCUT2D eigenvalue weighted by molar-refractivity contribution is 7.14. The van der Waals surface area contributed by atoms with Crippen LogP contribution in [0.2, 0.25) is 0 Å². The van der Waals surface area contributed by atoms with Crippen molar-refractivity contribution in [2.24, 2.45) is 0 Å². The number of hydrogen-bond acceptors (Lipinski definition) is 6. The van der Waals surface area contributed by atoms with Gasteiger partial charge in [-0.15, -0.1) is 11.3 Å². The van der Waals surface area contributed by atoms with Gasteiger partial charge in [0.1, 0.15) is 12.4 Å². The average Bonchev–Trinajstić information content (AvgIpc) is 3.17. The van der Waals surface area contributed by atoms with Crippen LogP contribution in [0.1, 0.15) is 6.92 Å². The third-order valence-corrected chi connectivity index (χ3v) is 4.75. The first-order valence-electron chi connectivity index (χ1n) is 8.61. The van der Waals surface area contributed by atoms with Crippen molar-refractivity contribution in [3.8, 4) is 28.5 Å². The van der Waals surface area contributed by atoms with Gasteiger partial charge in [0.15, 0.2) is 16.6 Å². The number of para-hydroxylation sites is 2. The van der Waals surface area contributed by atoms with Gasteiger partial charge in [-0.1, -0.05) is 12.1 Å². The molecule has 2 heterocycles. The molecule has 0 saturated heterocycles. The minimum Gasteiger partial charge on any atom is -0.494 e. The summed E-state index contributed by atoms with van der Waals surface area (Å²) in [5.74, 6) is 1.75. The lowest BCUT2D eigenvalue weighted by Crippen LogP contribution is -2.40. The molecule has 7 heteroatoms. The molecule has 1 aromatic heterocycles. The van der Waals surface area contributed by atoms with Crippen molar-refractivity contribution in [1.29, 1.82) is 0 Å². The lowest BCUT2D eigenvalue weighted by molar-refractivity contribution is -0.125. The Hall–Kier alpha value is -3.06. The number of fused-ring (bicyclic) bond motifs is 1. The molecule has 27 heavy (non-hydrogen) atoms. The number of carbonyl (C=O) groups is 1. The van der Waals surface area contributed by atoms with E-state index in [4.69, 9.17) is 14.2 Å². The van der Waals surface area contributed by atoms with Gasteiger partial charge >= 0.3 is 0 Å². The quantitative estimate of drug-likeness (QED) is 0.723. The van der Waals surface area contributed by atoms with Gasteiger partial charge in [-0.25, -0.2) is 4.98 Å². The van der Waals surface area contributed by atoms with Crippen molar-refractivity contribution in [1.82, 2.24) is 4.98 Å². The third kappa shape index (κ3) is 3.88. The van der Waals surface area contributed by atoms with Crippen molar-refractivity contribution < 1.29 is 19.0 Å². The van der Waals surface area contributed by atoms with E-state index in [0.29, 0.717) is 23.2 Å².